The first-order valence-electron chi connectivity index (χ1n) is 10.1. The van der Waals surface area contributed by atoms with Crippen molar-refractivity contribution in [1.82, 2.24) is 25.2 Å². The number of carbonyl (C=O) groups is 2. The molecular weight excluding hydrogens is 468 g/mol. The third-order valence-electron chi connectivity index (χ3n) is 5.15. The molecule has 0 bridgehead atoms. The van der Waals surface area contributed by atoms with Crippen LogP contribution in [0.1, 0.15) is 35.4 Å². The van der Waals surface area contributed by atoms with Gasteiger partial charge in [-0.1, -0.05) is 18.2 Å². The van der Waals surface area contributed by atoms with Crippen LogP contribution in [0, 0.1) is 6.92 Å². The van der Waals surface area contributed by atoms with Crippen molar-refractivity contribution in [3.63, 3.8) is 0 Å². The summed E-state index contributed by atoms with van der Waals surface area (Å²) < 4.78 is 53.0. The van der Waals surface area contributed by atoms with E-state index in [0.29, 0.717) is 29.1 Å². The van der Waals surface area contributed by atoms with Gasteiger partial charge in [-0.3, -0.25) is 9.59 Å². The van der Waals surface area contributed by atoms with Crippen molar-refractivity contribution in [3.8, 4) is 5.69 Å². The van der Waals surface area contributed by atoms with Crippen LogP contribution < -0.4 is 11.1 Å². The van der Waals surface area contributed by atoms with Gasteiger partial charge in [-0.05, 0) is 38.3 Å². The summed E-state index contributed by atoms with van der Waals surface area (Å²) in [5.74, 6) is -9.86. The molecule has 182 valence electrons. The summed E-state index contributed by atoms with van der Waals surface area (Å²) in [4.78, 5) is 26.2. The molecule has 1 atom stereocenters. The number of aromatic nitrogens is 3. The number of rotatable bonds is 8. The fraction of sp³-hybridized carbons (Fsp3) is 0.500. The smallest absolute Gasteiger partial charge is 0.329 e. The number of amides is 2. The lowest BCUT2D eigenvalue weighted by molar-refractivity contribution is -0.172. The molecule has 1 aromatic heterocycles. The van der Waals surface area contributed by atoms with E-state index in [1.807, 2.05) is 18.2 Å². The van der Waals surface area contributed by atoms with E-state index < -0.39 is 42.8 Å². The number of nitrogens with zero attached hydrogens (tertiary/aromatic N) is 4. The summed E-state index contributed by atoms with van der Waals surface area (Å²) in [5.41, 5.74) is 7.04. The third kappa shape index (κ3) is 5.99. The molecule has 1 aliphatic rings. The van der Waals surface area contributed by atoms with Crippen LogP contribution in [-0.2, 0) is 4.79 Å². The van der Waals surface area contributed by atoms with Crippen molar-refractivity contribution in [2.24, 2.45) is 5.73 Å². The topological polar surface area (TPSA) is 106 Å². The highest BCUT2D eigenvalue weighted by atomic mass is 35.5. The van der Waals surface area contributed by atoms with Crippen LogP contribution in [0.5, 0.6) is 0 Å². The van der Waals surface area contributed by atoms with Crippen LogP contribution in [0.15, 0.2) is 30.3 Å². The average molecular weight is 493 g/mol. The van der Waals surface area contributed by atoms with E-state index in [0.717, 1.165) is 0 Å². The second kappa shape index (κ2) is 10.5. The molecule has 1 fully saturated rings. The summed E-state index contributed by atoms with van der Waals surface area (Å²) >= 11 is 0. The number of alkyl halides is 4. The summed E-state index contributed by atoms with van der Waals surface area (Å²) in [6.07, 6.45) is 0.958. The molecule has 8 nitrogen and oxygen atoms in total. The lowest BCUT2D eigenvalue weighted by atomic mass is 10.1. The molecule has 3 N–H and O–H groups in total. The standard InChI is InChI=1S/C20H24F4N6O2.ClH/c1-13-16(28-30(27-13)14-7-3-2-4-8-14)17(31)26-10-6-5-9-15(25)18(32)29-11-19(21,22)20(23,24)12-29;/h2-4,7-8,15H,5-6,9-12,25H2,1H3,(H,26,31);1H/t15-;/m0./s1. The predicted octanol–water partition coefficient (Wildman–Crippen LogP) is 2.34. The first kappa shape index (κ1) is 26.5. The van der Waals surface area contributed by atoms with Gasteiger partial charge in [-0.15, -0.1) is 17.5 Å². The molecule has 0 unspecified atom stereocenters. The minimum absolute atomic E-state index is 0. The lowest BCUT2D eigenvalue weighted by Gasteiger charge is -2.19. The Balaban J connectivity index is 0.00000385. The highest BCUT2D eigenvalue weighted by molar-refractivity contribution is 5.93. The van der Waals surface area contributed by atoms with Gasteiger partial charge in [0.25, 0.3) is 5.91 Å². The van der Waals surface area contributed by atoms with Crippen LogP contribution >= 0.6 is 12.4 Å². The molecule has 0 radical (unpaired) electrons. The Hall–Kier alpha value is -2.73. The zero-order valence-electron chi connectivity index (χ0n) is 17.8. The zero-order valence-corrected chi connectivity index (χ0v) is 18.6. The van der Waals surface area contributed by atoms with Gasteiger partial charge in [0.1, 0.15) is 0 Å². The van der Waals surface area contributed by atoms with E-state index in [1.165, 1.54) is 4.80 Å². The van der Waals surface area contributed by atoms with Crippen molar-refractivity contribution in [1.29, 1.82) is 0 Å². The Labute approximate surface area is 193 Å². The molecule has 2 heterocycles. The van der Waals surface area contributed by atoms with E-state index in [2.05, 4.69) is 15.5 Å². The number of hydrogen-bond donors (Lipinski definition) is 2. The van der Waals surface area contributed by atoms with E-state index in [1.54, 1.807) is 19.1 Å². The Morgan fingerprint density at radius 2 is 1.70 bits per heavy atom. The molecule has 1 saturated heterocycles. The summed E-state index contributed by atoms with van der Waals surface area (Å²) in [7, 11) is 0. The van der Waals surface area contributed by atoms with Crippen LogP contribution in [-0.4, -0.2) is 69.2 Å². The summed E-state index contributed by atoms with van der Waals surface area (Å²) in [6.45, 7) is -0.758. The Morgan fingerprint density at radius 3 is 2.30 bits per heavy atom. The summed E-state index contributed by atoms with van der Waals surface area (Å²) in [6, 6.07) is 7.94. The fourth-order valence-corrected chi connectivity index (χ4v) is 3.32. The first-order chi connectivity index (χ1) is 15.0. The number of halogens is 5. The number of benzene rings is 1. The predicted molar refractivity (Wildman–Crippen MR) is 114 cm³/mol. The Morgan fingerprint density at radius 1 is 1.09 bits per heavy atom. The second-order valence-electron chi connectivity index (χ2n) is 7.72. The van der Waals surface area contributed by atoms with E-state index in [9.17, 15) is 27.2 Å². The molecule has 2 aromatic rings. The SMILES string of the molecule is Cc1nn(-c2ccccc2)nc1C(=O)NCCCC[C@H](N)C(=O)N1CC(F)(F)C(F)(F)C1.Cl. The van der Waals surface area contributed by atoms with Crippen molar-refractivity contribution >= 4 is 24.2 Å². The highest BCUT2D eigenvalue weighted by Crippen LogP contribution is 2.41. The van der Waals surface area contributed by atoms with E-state index in [-0.39, 0.29) is 31.1 Å². The lowest BCUT2D eigenvalue weighted by Crippen LogP contribution is -2.43. The number of likely N-dealkylation sites (tertiary alicyclic amines) is 1. The van der Waals surface area contributed by atoms with Gasteiger partial charge in [0.15, 0.2) is 5.69 Å². The van der Waals surface area contributed by atoms with Gasteiger partial charge in [-0.25, -0.2) is 0 Å². The Kier molecular flexibility index (Phi) is 8.41. The molecule has 1 aliphatic heterocycles. The summed E-state index contributed by atoms with van der Waals surface area (Å²) in [5, 5.41) is 11.1. The van der Waals surface area contributed by atoms with Crippen LogP contribution in [0.2, 0.25) is 0 Å². The minimum atomic E-state index is -4.26. The van der Waals surface area contributed by atoms with Gasteiger partial charge in [0.05, 0.1) is 30.5 Å². The minimum Gasteiger partial charge on any atom is -0.351 e. The maximum Gasteiger partial charge on any atom is 0.329 e. The van der Waals surface area contributed by atoms with E-state index in [4.69, 9.17) is 5.73 Å². The molecule has 0 aliphatic carbocycles. The van der Waals surface area contributed by atoms with Crippen molar-refractivity contribution in [2.45, 2.75) is 44.1 Å². The third-order valence-corrected chi connectivity index (χ3v) is 5.15. The zero-order chi connectivity index (χ0) is 23.5. The fourth-order valence-electron chi connectivity index (χ4n) is 3.32. The molecule has 13 heteroatoms. The van der Waals surface area contributed by atoms with E-state index >= 15 is 0 Å². The van der Waals surface area contributed by atoms with Crippen molar-refractivity contribution in [2.75, 3.05) is 19.6 Å². The van der Waals surface area contributed by atoms with Crippen molar-refractivity contribution < 1.29 is 27.2 Å². The molecule has 33 heavy (non-hydrogen) atoms. The second-order valence-corrected chi connectivity index (χ2v) is 7.72. The Bertz CT molecular complexity index is 957. The molecule has 1 aromatic carbocycles. The van der Waals surface area contributed by atoms with Crippen LogP contribution in [0.4, 0.5) is 17.6 Å². The van der Waals surface area contributed by atoms with Gasteiger partial charge in [0, 0.05) is 6.54 Å². The molecular formula is C20H25ClF4N6O2. The van der Waals surface area contributed by atoms with Crippen LogP contribution in [0.3, 0.4) is 0 Å². The largest absolute Gasteiger partial charge is 0.351 e. The number of carbonyl (C=O) groups excluding carboxylic acids is 2. The number of aryl methyl sites for hydroxylation is 1. The number of para-hydroxylation sites is 1. The molecule has 0 spiro atoms. The van der Waals surface area contributed by atoms with Gasteiger partial charge in [0.2, 0.25) is 5.91 Å². The average Bonchev–Trinajstić information content (AvgIpc) is 3.23. The molecule has 2 amide bonds. The normalized spacial score (nSPS) is 17.3. The molecule has 0 saturated carbocycles. The number of unbranched alkanes of at least 4 members (excludes halogenated alkanes) is 1. The van der Waals surface area contributed by atoms with Crippen LogP contribution in [0.25, 0.3) is 5.69 Å². The maximum absolute atomic E-state index is 13.3. The highest BCUT2D eigenvalue weighted by Gasteiger charge is 2.64. The first-order valence-corrected chi connectivity index (χ1v) is 10.1. The number of nitrogens with two attached hydrogens (primary N) is 1. The monoisotopic (exact) mass is 492 g/mol. The number of hydrogen-bond acceptors (Lipinski definition) is 5. The van der Waals surface area contributed by atoms with Gasteiger partial charge < -0.3 is 16.0 Å². The molecule has 3 rings (SSSR count). The maximum atomic E-state index is 13.3. The van der Waals surface area contributed by atoms with Gasteiger partial charge >= 0.3 is 11.8 Å². The van der Waals surface area contributed by atoms with Crippen molar-refractivity contribution in [3.05, 3.63) is 41.7 Å². The number of nitrogens with one attached hydrogen (secondary N) is 1. The van der Waals surface area contributed by atoms with Gasteiger partial charge in [-0.2, -0.15) is 27.5 Å². The quantitative estimate of drug-likeness (QED) is 0.434.